The highest BCUT2D eigenvalue weighted by atomic mass is 16.4. The first-order chi connectivity index (χ1) is 9.58. The van der Waals surface area contributed by atoms with Crippen molar-refractivity contribution in [3.8, 4) is 0 Å². The molecular formula is C14H23N3O3. The number of carbonyl (C=O) groups excluding carboxylic acids is 1. The number of carboxylic acids is 1. The minimum atomic E-state index is -0.838. The first-order valence-corrected chi connectivity index (χ1v) is 7.65. The van der Waals surface area contributed by atoms with Gasteiger partial charge in [-0.25, -0.2) is 5.43 Å². The van der Waals surface area contributed by atoms with Crippen LogP contribution in [0.15, 0.2) is 0 Å². The highest BCUT2D eigenvalue weighted by Gasteiger charge is 2.50. The van der Waals surface area contributed by atoms with Gasteiger partial charge in [-0.1, -0.05) is 12.8 Å². The van der Waals surface area contributed by atoms with Crippen molar-refractivity contribution in [2.75, 3.05) is 0 Å². The Bertz CT molecular complexity index is 414. The van der Waals surface area contributed by atoms with Crippen LogP contribution in [0.25, 0.3) is 0 Å². The van der Waals surface area contributed by atoms with Crippen LogP contribution in [-0.2, 0) is 9.59 Å². The molecule has 2 heterocycles. The number of hydrogen-bond acceptors (Lipinski definition) is 4. The van der Waals surface area contributed by atoms with Crippen LogP contribution in [0.4, 0.5) is 0 Å². The van der Waals surface area contributed by atoms with Gasteiger partial charge in [-0.3, -0.25) is 19.9 Å². The van der Waals surface area contributed by atoms with Gasteiger partial charge in [0.15, 0.2) is 0 Å². The largest absolute Gasteiger partial charge is 0.481 e. The summed E-state index contributed by atoms with van der Waals surface area (Å²) in [6.45, 7) is 2.00. The minimum absolute atomic E-state index is 0.0468. The van der Waals surface area contributed by atoms with E-state index in [2.05, 4.69) is 10.7 Å². The lowest BCUT2D eigenvalue weighted by molar-refractivity contribution is -0.147. The van der Waals surface area contributed by atoms with Gasteiger partial charge in [0, 0.05) is 24.4 Å². The van der Waals surface area contributed by atoms with Gasteiger partial charge in [0.05, 0.1) is 5.92 Å². The molecular weight excluding hydrogens is 258 g/mol. The van der Waals surface area contributed by atoms with Gasteiger partial charge in [-0.15, -0.1) is 0 Å². The Morgan fingerprint density at radius 2 is 2.15 bits per heavy atom. The molecule has 20 heavy (non-hydrogen) atoms. The fourth-order valence-corrected chi connectivity index (χ4v) is 3.98. The maximum Gasteiger partial charge on any atom is 0.303 e. The summed E-state index contributed by atoms with van der Waals surface area (Å²) in [7, 11) is 0. The molecule has 112 valence electrons. The maximum absolute atomic E-state index is 12.6. The molecule has 1 saturated carbocycles. The number of amides is 1. The highest BCUT2D eigenvalue weighted by molar-refractivity contribution is 5.81. The van der Waals surface area contributed by atoms with Crippen molar-refractivity contribution in [2.45, 2.75) is 63.7 Å². The van der Waals surface area contributed by atoms with Crippen LogP contribution in [0.5, 0.6) is 0 Å². The monoisotopic (exact) mass is 281 g/mol. The van der Waals surface area contributed by atoms with Crippen molar-refractivity contribution < 1.29 is 14.7 Å². The average molecular weight is 281 g/mol. The number of carbonyl (C=O) groups is 2. The molecule has 0 aromatic carbocycles. The van der Waals surface area contributed by atoms with Gasteiger partial charge in [0.25, 0.3) is 0 Å². The molecule has 1 amide bonds. The average Bonchev–Trinajstić information content (AvgIpc) is 2.77. The van der Waals surface area contributed by atoms with E-state index >= 15 is 0 Å². The van der Waals surface area contributed by atoms with Gasteiger partial charge in [0.1, 0.15) is 6.17 Å². The third kappa shape index (κ3) is 2.31. The normalized spacial score (nSPS) is 40.4. The van der Waals surface area contributed by atoms with Gasteiger partial charge < -0.3 is 5.11 Å². The summed E-state index contributed by atoms with van der Waals surface area (Å²) in [5.74, 6) is -0.516. The lowest BCUT2D eigenvalue weighted by Crippen LogP contribution is -2.63. The van der Waals surface area contributed by atoms with Gasteiger partial charge in [0.2, 0.25) is 5.91 Å². The molecule has 0 aromatic heterocycles. The van der Waals surface area contributed by atoms with Crippen molar-refractivity contribution in [3.63, 3.8) is 0 Å². The van der Waals surface area contributed by atoms with Crippen molar-refractivity contribution >= 4 is 11.9 Å². The summed E-state index contributed by atoms with van der Waals surface area (Å²) >= 11 is 0. The molecule has 2 saturated heterocycles. The maximum atomic E-state index is 12.6. The molecule has 1 aliphatic carbocycles. The summed E-state index contributed by atoms with van der Waals surface area (Å²) in [5, 5.41) is 14.1. The SMILES string of the molecule is CC1NC2C3CCCCC3NN2C(=O)C1CCC(=O)O. The number of carboxylic acid groups (broad SMARTS) is 1. The zero-order valence-corrected chi connectivity index (χ0v) is 11.8. The molecule has 0 aromatic rings. The van der Waals surface area contributed by atoms with Crippen LogP contribution in [0.1, 0.15) is 45.4 Å². The van der Waals surface area contributed by atoms with E-state index in [0.29, 0.717) is 18.4 Å². The number of nitrogens with one attached hydrogen (secondary N) is 2. The molecule has 0 bridgehead atoms. The molecule has 3 rings (SSSR count). The Morgan fingerprint density at radius 1 is 1.40 bits per heavy atom. The van der Waals surface area contributed by atoms with Crippen molar-refractivity contribution in [2.24, 2.45) is 11.8 Å². The molecule has 6 nitrogen and oxygen atoms in total. The van der Waals surface area contributed by atoms with E-state index in [0.717, 1.165) is 12.8 Å². The number of nitrogens with zero attached hydrogens (tertiary/aromatic N) is 1. The first-order valence-electron chi connectivity index (χ1n) is 7.65. The first kappa shape index (κ1) is 13.8. The lowest BCUT2D eigenvalue weighted by Gasteiger charge is -2.41. The Hall–Kier alpha value is -1.14. The summed E-state index contributed by atoms with van der Waals surface area (Å²) < 4.78 is 0. The summed E-state index contributed by atoms with van der Waals surface area (Å²) in [5.41, 5.74) is 3.36. The Kier molecular flexibility index (Phi) is 3.69. The number of hydrogen-bond donors (Lipinski definition) is 3. The number of hydrazine groups is 1. The van der Waals surface area contributed by atoms with E-state index in [1.807, 2.05) is 6.92 Å². The number of fused-ring (bicyclic) bond motifs is 3. The zero-order chi connectivity index (χ0) is 14.3. The summed E-state index contributed by atoms with van der Waals surface area (Å²) in [6.07, 6.45) is 5.28. The van der Waals surface area contributed by atoms with Crippen LogP contribution < -0.4 is 10.7 Å². The molecule has 6 heteroatoms. The third-order valence-electron chi connectivity index (χ3n) is 5.07. The molecule has 2 aliphatic heterocycles. The standard InChI is InChI=1S/C14H23N3O3/c1-8-9(6-7-12(18)19)14(20)17-13(15-8)10-4-2-3-5-11(10)16-17/h8-11,13,15-16H,2-7H2,1H3,(H,18,19). The van der Waals surface area contributed by atoms with Crippen molar-refractivity contribution in [1.82, 2.24) is 15.8 Å². The van der Waals surface area contributed by atoms with Gasteiger partial charge in [-0.2, -0.15) is 0 Å². The molecule has 5 unspecified atom stereocenters. The molecule has 3 fully saturated rings. The Morgan fingerprint density at radius 3 is 2.90 bits per heavy atom. The fraction of sp³-hybridized carbons (Fsp3) is 0.857. The summed E-state index contributed by atoms with van der Waals surface area (Å²) in [4.78, 5) is 23.3. The second-order valence-electron chi connectivity index (χ2n) is 6.33. The predicted octanol–water partition coefficient (Wildman–Crippen LogP) is 0.691. The van der Waals surface area contributed by atoms with Gasteiger partial charge >= 0.3 is 5.97 Å². The molecule has 0 spiro atoms. The highest BCUT2D eigenvalue weighted by Crippen LogP contribution is 2.36. The van der Waals surface area contributed by atoms with E-state index in [-0.39, 0.29) is 30.5 Å². The molecule has 3 N–H and O–H groups in total. The Balaban J connectivity index is 1.72. The van der Waals surface area contributed by atoms with E-state index in [9.17, 15) is 9.59 Å². The van der Waals surface area contributed by atoms with Crippen molar-refractivity contribution in [1.29, 1.82) is 0 Å². The predicted molar refractivity (Wildman–Crippen MR) is 72.5 cm³/mol. The van der Waals surface area contributed by atoms with Crippen LogP contribution in [0.2, 0.25) is 0 Å². The topological polar surface area (TPSA) is 81.7 Å². The van der Waals surface area contributed by atoms with Crippen LogP contribution in [0, 0.1) is 11.8 Å². The van der Waals surface area contributed by atoms with Gasteiger partial charge in [-0.05, 0) is 26.2 Å². The summed E-state index contributed by atoms with van der Waals surface area (Å²) in [6, 6.07) is 0.446. The fourth-order valence-electron chi connectivity index (χ4n) is 3.98. The van der Waals surface area contributed by atoms with Crippen LogP contribution >= 0.6 is 0 Å². The van der Waals surface area contributed by atoms with Crippen LogP contribution in [-0.4, -0.2) is 40.2 Å². The zero-order valence-electron chi connectivity index (χ0n) is 11.8. The molecule has 5 atom stereocenters. The van der Waals surface area contributed by atoms with Crippen molar-refractivity contribution in [3.05, 3.63) is 0 Å². The minimum Gasteiger partial charge on any atom is -0.481 e. The van der Waals surface area contributed by atoms with E-state index in [1.165, 1.54) is 12.8 Å². The second-order valence-corrected chi connectivity index (χ2v) is 6.33. The quantitative estimate of drug-likeness (QED) is 0.709. The lowest BCUT2D eigenvalue weighted by atomic mass is 9.82. The van der Waals surface area contributed by atoms with Crippen LogP contribution in [0.3, 0.4) is 0 Å². The smallest absolute Gasteiger partial charge is 0.303 e. The molecule has 3 aliphatic rings. The second kappa shape index (κ2) is 5.33. The van der Waals surface area contributed by atoms with E-state index in [1.54, 1.807) is 5.01 Å². The number of rotatable bonds is 3. The Labute approximate surface area is 118 Å². The third-order valence-corrected chi connectivity index (χ3v) is 5.07. The van der Waals surface area contributed by atoms with E-state index in [4.69, 9.17) is 5.11 Å². The molecule has 0 radical (unpaired) electrons. The van der Waals surface area contributed by atoms with E-state index < -0.39 is 5.97 Å². The number of aliphatic carboxylic acids is 1.